The SMILES string of the molecule is CC[C@H]1O[C@@H](n2cnc3c(NC(=O)c4ccccc4)ncnc32)[C@@H](OP(C)OCCC#N)C1O[Si](C)(C)C(C)(C)C. The zero-order chi connectivity index (χ0) is 29.8. The number of ether oxygens (including phenoxy) is 1. The molecule has 1 amide bonds. The highest BCUT2D eigenvalue weighted by molar-refractivity contribution is 7.46. The maximum atomic E-state index is 12.8. The number of imidazole rings is 1. The van der Waals surface area contributed by atoms with Gasteiger partial charge in [0.15, 0.2) is 39.9 Å². The Morgan fingerprint density at radius 2 is 1.93 bits per heavy atom. The van der Waals surface area contributed by atoms with Crippen molar-refractivity contribution in [1.29, 1.82) is 5.26 Å². The molecule has 13 heteroatoms. The molecule has 1 aliphatic heterocycles. The minimum absolute atomic E-state index is 0.0189. The van der Waals surface area contributed by atoms with Crippen LogP contribution in [-0.2, 0) is 18.2 Å². The first kappa shape index (κ1) is 31.2. The van der Waals surface area contributed by atoms with Gasteiger partial charge in [-0.25, -0.2) is 15.0 Å². The van der Waals surface area contributed by atoms with Crippen LogP contribution in [0.3, 0.4) is 0 Å². The zero-order valence-electron chi connectivity index (χ0n) is 24.7. The van der Waals surface area contributed by atoms with Crippen molar-refractivity contribution in [2.45, 2.75) is 83.2 Å². The van der Waals surface area contributed by atoms with Crippen LogP contribution in [0.4, 0.5) is 5.82 Å². The number of rotatable bonds is 11. The van der Waals surface area contributed by atoms with Crippen molar-refractivity contribution < 1.29 is 23.0 Å². The molecule has 0 aliphatic carbocycles. The summed E-state index contributed by atoms with van der Waals surface area (Å²) in [5, 5.41) is 11.8. The Morgan fingerprint density at radius 3 is 2.59 bits per heavy atom. The summed E-state index contributed by atoms with van der Waals surface area (Å²) in [4.78, 5) is 26.2. The third-order valence-electron chi connectivity index (χ3n) is 7.58. The third-order valence-corrected chi connectivity index (χ3v) is 13.1. The minimum atomic E-state index is -2.21. The van der Waals surface area contributed by atoms with E-state index in [-0.39, 0.29) is 36.2 Å². The van der Waals surface area contributed by atoms with E-state index in [9.17, 15) is 4.79 Å². The minimum Gasteiger partial charge on any atom is -0.408 e. The number of fused-ring (bicyclic) bond motifs is 1. The second kappa shape index (κ2) is 13.0. The fourth-order valence-electron chi connectivity index (χ4n) is 4.35. The first-order chi connectivity index (χ1) is 19.5. The summed E-state index contributed by atoms with van der Waals surface area (Å²) < 4.78 is 27.8. The van der Waals surface area contributed by atoms with Crippen molar-refractivity contribution in [3.8, 4) is 6.07 Å². The number of hydrogen-bond donors (Lipinski definition) is 1. The Bertz CT molecular complexity index is 1380. The van der Waals surface area contributed by atoms with Crippen LogP contribution in [0.1, 0.15) is 57.1 Å². The number of nitrogens with zero attached hydrogens (tertiary/aromatic N) is 5. The molecule has 5 atom stereocenters. The fraction of sp³-hybridized carbons (Fsp3) is 0.536. The topological polar surface area (TPSA) is 133 Å². The van der Waals surface area contributed by atoms with Crippen LogP contribution >= 0.6 is 8.38 Å². The molecule has 1 aliphatic rings. The fourth-order valence-corrected chi connectivity index (χ4v) is 6.65. The molecular weight excluding hydrogens is 559 g/mol. The lowest BCUT2D eigenvalue weighted by molar-refractivity contribution is -0.0302. The van der Waals surface area contributed by atoms with Crippen molar-refractivity contribution in [2.75, 3.05) is 18.6 Å². The number of carbonyl (C=O) groups excluding carboxylic acids is 1. The van der Waals surface area contributed by atoms with Crippen molar-refractivity contribution >= 4 is 39.6 Å². The first-order valence-electron chi connectivity index (χ1n) is 13.7. The lowest BCUT2D eigenvalue weighted by atomic mass is 10.1. The molecule has 0 bridgehead atoms. The van der Waals surface area contributed by atoms with Crippen molar-refractivity contribution in [3.05, 3.63) is 48.5 Å². The third kappa shape index (κ3) is 7.00. The predicted molar refractivity (Wildman–Crippen MR) is 160 cm³/mol. The van der Waals surface area contributed by atoms with E-state index in [2.05, 4.69) is 67.1 Å². The van der Waals surface area contributed by atoms with Gasteiger partial charge in [-0.3, -0.25) is 9.36 Å². The number of aromatic nitrogens is 4. The molecule has 220 valence electrons. The molecule has 0 spiro atoms. The van der Waals surface area contributed by atoms with Crippen LogP contribution < -0.4 is 5.32 Å². The first-order valence-corrected chi connectivity index (χ1v) is 18.3. The van der Waals surface area contributed by atoms with E-state index in [4.69, 9.17) is 23.5 Å². The van der Waals surface area contributed by atoms with Crippen LogP contribution in [0, 0.1) is 11.3 Å². The molecule has 1 N–H and O–H groups in total. The van der Waals surface area contributed by atoms with Crippen LogP contribution in [0.2, 0.25) is 18.1 Å². The molecule has 2 aromatic heterocycles. The Labute approximate surface area is 243 Å². The molecule has 2 unspecified atom stereocenters. The molecule has 41 heavy (non-hydrogen) atoms. The van der Waals surface area contributed by atoms with E-state index in [1.807, 2.05) is 17.3 Å². The van der Waals surface area contributed by atoms with Gasteiger partial charge in [-0.05, 0) is 36.7 Å². The lowest BCUT2D eigenvalue weighted by Crippen LogP contribution is -2.49. The molecule has 0 radical (unpaired) electrons. The van der Waals surface area contributed by atoms with Crippen molar-refractivity contribution in [3.63, 3.8) is 0 Å². The number of carbonyl (C=O) groups is 1. The summed E-state index contributed by atoms with van der Waals surface area (Å²) in [5.41, 5.74) is 1.44. The van der Waals surface area contributed by atoms with Gasteiger partial charge in [0.1, 0.15) is 18.5 Å². The molecule has 3 heterocycles. The van der Waals surface area contributed by atoms with Gasteiger partial charge < -0.3 is 23.5 Å². The standard InChI is InChI=1S/C28H39N6O5PSi/c1-8-20-22(39-41(6,7)28(2,3)4)23(38-40(5)36-16-12-15-29)27(37-20)34-18-32-21-24(30-17-31-25(21)34)33-26(35)19-13-10-9-11-14-19/h9-11,13-14,17-18,20,22-23,27H,8,12,16H2,1-7H3,(H,30,31,33,35)/t20-,22?,23+,27-,40?/m1/s1. The second-order valence-electron chi connectivity index (χ2n) is 11.4. The van der Waals surface area contributed by atoms with Gasteiger partial charge in [0.05, 0.1) is 31.5 Å². The Kier molecular flexibility index (Phi) is 9.90. The highest BCUT2D eigenvalue weighted by atomic mass is 31.2. The van der Waals surface area contributed by atoms with Crippen LogP contribution in [0.15, 0.2) is 43.0 Å². The summed E-state index contributed by atoms with van der Waals surface area (Å²) in [6.07, 6.45) is 2.29. The molecular formula is C28H39N6O5PSi. The number of hydrogen-bond acceptors (Lipinski definition) is 9. The van der Waals surface area contributed by atoms with E-state index < -0.39 is 29.0 Å². The number of nitrogens with one attached hydrogen (secondary N) is 1. The highest BCUT2D eigenvalue weighted by Crippen LogP contribution is 2.47. The number of nitriles is 1. The maximum absolute atomic E-state index is 12.8. The number of benzene rings is 1. The van der Waals surface area contributed by atoms with E-state index in [0.29, 0.717) is 29.0 Å². The monoisotopic (exact) mass is 598 g/mol. The van der Waals surface area contributed by atoms with E-state index in [1.54, 1.807) is 30.6 Å². The summed E-state index contributed by atoms with van der Waals surface area (Å²) in [5.74, 6) is 0.00950. The van der Waals surface area contributed by atoms with Gasteiger partial charge in [0.2, 0.25) is 0 Å². The van der Waals surface area contributed by atoms with E-state index >= 15 is 0 Å². The number of amides is 1. The molecule has 4 rings (SSSR count). The van der Waals surface area contributed by atoms with Gasteiger partial charge in [-0.1, -0.05) is 45.9 Å². The molecule has 11 nitrogen and oxygen atoms in total. The number of anilines is 1. The second-order valence-corrected chi connectivity index (χ2v) is 17.5. The van der Waals surface area contributed by atoms with Crippen molar-refractivity contribution in [2.24, 2.45) is 0 Å². The van der Waals surface area contributed by atoms with Crippen LogP contribution in [0.25, 0.3) is 11.2 Å². The largest absolute Gasteiger partial charge is 0.408 e. The van der Waals surface area contributed by atoms with Crippen molar-refractivity contribution in [1.82, 2.24) is 19.5 Å². The lowest BCUT2D eigenvalue weighted by Gasteiger charge is -2.40. The van der Waals surface area contributed by atoms with Gasteiger partial charge in [0, 0.05) is 12.2 Å². The van der Waals surface area contributed by atoms with Gasteiger partial charge in [-0.15, -0.1) is 0 Å². The average molecular weight is 599 g/mol. The quantitative estimate of drug-likeness (QED) is 0.159. The molecule has 1 saturated heterocycles. The summed E-state index contributed by atoms with van der Waals surface area (Å²) >= 11 is 0. The van der Waals surface area contributed by atoms with E-state index in [0.717, 1.165) is 0 Å². The van der Waals surface area contributed by atoms with Gasteiger partial charge in [0.25, 0.3) is 5.91 Å². The normalized spacial score (nSPS) is 22.0. The van der Waals surface area contributed by atoms with Gasteiger partial charge in [-0.2, -0.15) is 5.26 Å². The van der Waals surface area contributed by atoms with Crippen LogP contribution in [0.5, 0.6) is 0 Å². The average Bonchev–Trinajstić information content (AvgIpc) is 3.50. The van der Waals surface area contributed by atoms with E-state index in [1.165, 1.54) is 6.33 Å². The smallest absolute Gasteiger partial charge is 0.256 e. The molecule has 0 saturated carbocycles. The highest BCUT2D eigenvalue weighted by Gasteiger charge is 2.52. The Morgan fingerprint density at radius 1 is 1.20 bits per heavy atom. The zero-order valence-corrected chi connectivity index (χ0v) is 26.6. The Hall–Kier alpha value is -2.78. The molecule has 1 fully saturated rings. The van der Waals surface area contributed by atoms with Crippen LogP contribution in [-0.4, -0.2) is 65.3 Å². The maximum Gasteiger partial charge on any atom is 0.256 e. The molecule has 1 aromatic carbocycles. The Balaban J connectivity index is 1.68. The predicted octanol–water partition coefficient (Wildman–Crippen LogP) is 6.03. The summed E-state index contributed by atoms with van der Waals surface area (Å²) in [6.45, 7) is 15.3. The summed E-state index contributed by atoms with van der Waals surface area (Å²) in [6, 6.07) is 11.0. The summed E-state index contributed by atoms with van der Waals surface area (Å²) in [7, 11) is -3.55. The molecule has 3 aromatic rings. The van der Waals surface area contributed by atoms with Gasteiger partial charge >= 0.3 is 0 Å².